The molecular weight excluding hydrogens is 290 g/mol. The van der Waals surface area contributed by atoms with Gasteiger partial charge in [0.2, 0.25) is 0 Å². The Balaban J connectivity index is 2.21. The van der Waals surface area contributed by atoms with E-state index in [9.17, 15) is 0 Å². The van der Waals surface area contributed by atoms with Crippen LogP contribution < -0.4 is 11.3 Å². The SMILES string of the molecule is CCCn1ncc(Cl)c1C(NN)C1CN(C(C)C)CCO1. The van der Waals surface area contributed by atoms with E-state index in [4.69, 9.17) is 22.2 Å². The number of rotatable bonds is 6. The zero-order valence-electron chi connectivity index (χ0n) is 13.1. The molecule has 0 aliphatic carbocycles. The van der Waals surface area contributed by atoms with Crippen molar-refractivity contribution in [3.63, 3.8) is 0 Å². The number of hydrazine groups is 1. The average Bonchev–Trinajstić information content (AvgIpc) is 2.82. The molecule has 6 nitrogen and oxygen atoms in total. The third-order valence-electron chi connectivity index (χ3n) is 3.97. The number of morpholine rings is 1. The molecule has 2 unspecified atom stereocenters. The smallest absolute Gasteiger partial charge is 0.0925 e. The van der Waals surface area contributed by atoms with Crippen LogP contribution >= 0.6 is 11.6 Å². The Morgan fingerprint density at radius 2 is 2.33 bits per heavy atom. The lowest BCUT2D eigenvalue weighted by atomic mass is 10.1. The van der Waals surface area contributed by atoms with Gasteiger partial charge in [-0.25, -0.2) is 5.43 Å². The third-order valence-corrected chi connectivity index (χ3v) is 4.26. The minimum absolute atomic E-state index is 0.0315. The molecule has 1 aromatic rings. The van der Waals surface area contributed by atoms with Gasteiger partial charge in [-0.3, -0.25) is 15.4 Å². The van der Waals surface area contributed by atoms with E-state index in [0.29, 0.717) is 17.7 Å². The first-order valence-electron chi connectivity index (χ1n) is 7.61. The minimum atomic E-state index is -0.159. The molecule has 1 aliphatic rings. The van der Waals surface area contributed by atoms with E-state index in [2.05, 4.69) is 36.2 Å². The Hall–Kier alpha value is -0.660. The molecule has 120 valence electrons. The molecule has 0 amide bonds. The Morgan fingerprint density at radius 1 is 1.57 bits per heavy atom. The molecule has 1 aliphatic heterocycles. The number of nitrogens with one attached hydrogen (secondary N) is 1. The number of hydrogen-bond donors (Lipinski definition) is 2. The maximum absolute atomic E-state index is 6.32. The molecule has 0 spiro atoms. The van der Waals surface area contributed by atoms with Gasteiger partial charge in [0.1, 0.15) is 0 Å². The molecule has 0 bridgehead atoms. The number of ether oxygens (including phenoxy) is 1. The Bertz CT molecular complexity index is 451. The minimum Gasteiger partial charge on any atom is -0.373 e. The molecule has 0 radical (unpaired) electrons. The molecule has 1 aromatic heterocycles. The van der Waals surface area contributed by atoms with Crippen molar-refractivity contribution in [3.05, 3.63) is 16.9 Å². The van der Waals surface area contributed by atoms with Gasteiger partial charge in [0.15, 0.2) is 0 Å². The number of nitrogens with two attached hydrogens (primary N) is 1. The summed E-state index contributed by atoms with van der Waals surface area (Å²) < 4.78 is 7.86. The summed E-state index contributed by atoms with van der Waals surface area (Å²) in [5.41, 5.74) is 3.79. The van der Waals surface area contributed by atoms with Crippen molar-refractivity contribution in [2.75, 3.05) is 19.7 Å². The summed E-state index contributed by atoms with van der Waals surface area (Å²) in [6.07, 6.45) is 2.64. The summed E-state index contributed by atoms with van der Waals surface area (Å²) >= 11 is 6.32. The predicted molar refractivity (Wildman–Crippen MR) is 84.0 cm³/mol. The standard InChI is InChI=1S/C14H26ClN5O/c1-4-5-20-14(11(15)8-17-20)13(18-16)12-9-19(10(2)3)6-7-21-12/h8,10,12-13,18H,4-7,9,16H2,1-3H3. The first-order valence-corrected chi connectivity index (χ1v) is 7.99. The lowest BCUT2D eigenvalue weighted by molar-refractivity contribution is -0.0573. The molecule has 3 N–H and O–H groups in total. The van der Waals surface area contributed by atoms with Crippen molar-refractivity contribution in [3.8, 4) is 0 Å². The van der Waals surface area contributed by atoms with Crippen LogP contribution in [0.15, 0.2) is 6.20 Å². The normalized spacial score (nSPS) is 21.9. The van der Waals surface area contributed by atoms with Crippen LogP contribution in [0, 0.1) is 0 Å². The fraction of sp³-hybridized carbons (Fsp3) is 0.786. The fourth-order valence-electron chi connectivity index (χ4n) is 2.80. The molecule has 2 atom stereocenters. The van der Waals surface area contributed by atoms with Gasteiger partial charge in [0, 0.05) is 25.7 Å². The molecule has 21 heavy (non-hydrogen) atoms. The van der Waals surface area contributed by atoms with Gasteiger partial charge in [-0.2, -0.15) is 5.10 Å². The molecule has 1 saturated heterocycles. The number of aryl methyl sites for hydroxylation is 1. The fourth-order valence-corrected chi connectivity index (χ4v) is 3.06. The van der Waals surface area contributed by atoms with E-state index < -0.39 is 0 Å². The highest BCUT2D eigenvalue weighted by Crippen LogP contribution is 2.28. The highest BCUT2D eigenvalue weighted by molar-refractivity contribution is 6.31. The monoisotopic (exact) mass is 315 g/mol. The van der Waals surface area contributed by atoms with Gasteiger partial charge >= 0.3 is 0 Å². The van der Waals surface area contributed by atoms with Crippen molar-refractivity contribution < 1.29 is 4.74 Å². The zero-order chi connectivity index (χ0) is 15.4. The number of halogens is 1. The van der Waals surface area contributed by atoms with Crippen LogP contribution in [0.2, 0.25) is 5.02 Å². The van der Waals surface area contributed by atoms with Gasteiger partial charge in [-0.15, -0.1) is 0 Å². The predicted octanol–water partition coefficient (Wildman–Crippen LogP) is 1.56. The number of aromatic nitrogens is 2. The maximum Gasteiger partial charge on any atom is 0.0925 e. The molecule has 0 saturated carbocycles. The van der Waals surface area contributed by atoms with Gasteiger partial charge < -0.3 is 4.74 Å². The van der Waals surface area contributed by atoms with Crippen LogP contribution in [0.5, 0.6) is 0 Å². The lowest BCUT2D eigenvalue weighted by Gasteiger charge is -2.38. The van der Waals surface area contributed by atoms with E-state index in [1.807, 2.05) is 4.68 Å². The van der Waals surface area contributed by atoms with Crippen molar-refractivity contribution in [2.24, 2.45) is 5.84 Å². The summed E-state index contributed by atoms with van der Waals surface area (Å²) in [7, 11) is 0. The summed E-state index contributed by atoms with van der Waals surface area (Å²) in [6.45, 7) is 9.82. The highest BCUT2D eigenvalue weighted by Gasteiger charge is 2.33. The second kappa shape index (κ2) is 7.56. The van der Waals surface area contributed by atoms with Crippen LogP contribution in [-0.4, -0.2) is 46.5 Å². The van der Waals surface area contributed by atoms with Gasteiger partial charge in [0.25, 0.3) is 0 Å². The molecule has 0 aromatic carbocycles. The topological polar surface area (TPSA) is 68.3 Å². The lowest BCUT2D eigenvalue weighted by Crippen LogP contribution is -2.51. The second-order valence-electron chi connectivity index (χ2n) is 5.74. The maximum atomic E-state index is 6.32. The summed E-state index contributed by atoms with van der Waals surface area (Å²) in [5.74, 6) is 5.80. The zero-order valence-corrected chi connectivity index (χ0v) is 13.8. The van der Waals surface area contributed by atoms with Crippen LogP contribution in [0.4, 0.5) is 0 Å². The van der Waals surface area contributed by atoms with Gasteiger partial charge in [-0.1, -0.05) is 18.5 Å². The van der Waals surface area contributed by atoms with E-state index >= 15 is 0 Å². The first-order chi connectivity index (χ1) is 10.1. The quantitative estimate of drug-likeness (QED) is 0.616. The summed E-state index contributed by atoms with van der Waals surface area (Å²) in [5, 5.41) is 4.98. The summed E-state index contributed by atoms with van der Waals surface area (Å²) in [6, 6.07) is 0.332. The van der Waals surface area contributed by atoms with Gasteiger partial charge in [0.05, 0.1) is 35.7 Å². The summed E-state index contributed by atoms with van der Waals surface area (Å²) in [4.78, 5) is 2.40. The Morgan fingerprint density at radius 3 is 2.95 bits per heavy atom. The second-order valence-corrected chi connectivity index (χ2v) is 6.15. The first kappa shape index (κ1) is 16.7. The largest absolute Gasteiger partial charge is 0.373 e. The van der Waals surface area contributed by atoms with Crippen LogP contribution in [0.25, 0.3) is 0 Å². The molecule has 2 rings (SSSR count). The van der Waals surface area contributed by atoms with Crippen molar-refractivity contribution in [2.45, 2.75) is 51.9 Å². The molecule has 2 heterocycles. The van der Waals surface area contributed by atoms with Crippen LogP contribution in [0.3, 0.4) is 0 Å². The highest BCUT2D eigenvalue weighted by atomic mass is 35.5. The van der Waals surface area contributed by atoms with Crippen molar-refractivity contribution >= 4 is 11.6 Å². The van der Waals surface area contributed by atoms with Gasteiger partial charge in [-0.05, 0) is 20.3 Å². The number of nitrogens with zero attached hydrogens (tertiary/aromatic N) is 3. The van der Waals surface area contributed by atoms with E-state index in [1.54, 1.807) is 6.20 Å². The third kappa shape index (κ3) is 3.76. The van der Waals surface area contributed by atoms with Crippen molar-refractivity contribution in [1.82, 2.24) is 20.1 Å². The van der Waals surface area contributed by atoms with Crippen LogP contribution in [-0.2, 0) is 11.3 Å². The average molecular weight is 316 g/mol. The number of hydrogen-bond acceptors (Lipinski definition) is 5. The van der Waals surface area contributed by atoms with E-state index in [-0.39, 0.29) is 12.1 Å². The Labute approximate surface area is 131 Å². The molecule has 1 fully saturated rings. The van der Waals surface area contributed by atoms with Crippen molar-refractivity contribution in [1.29, 1.82) is 0 Å². The molecular formula is C14H26ClN5O. The van der Waals surface area contributed by atoms with Crippen LogP contribution in [0.1, 0.15) is 38.9 Å². The Kier molecular flexibility index (Phi) is 6.01. The molecule has 7 heteroatoms. The van der Waals surface area contributed by atoms with E-state index in [1.165, 1.54) is 0 Å². The van der Waals surface area contributed by atoms with E-state index in [0.717, 1.165) is 31.7 Å².